The fraction of sp³-hybridized carbons (Fsp3) is 0.300. The van der Waals surface area contributed by atoms with Gasteiger partial charge in [0.1, 0.15) is 5.52 Å². The van der Waals surface area contributed by atoms with E-state index in [1.807, 2.05) is 12.1 Å². The molecule has 1 unspecified atom stereocenters. The molecule has 0 amide bonds. The third-order valence-electron chi connectivity index (χ3n) is 2.12. The van der Waals surface area contributed by atoms with E-state index in [0.29, 0.717) is 35.1 Å². The number of hydrogen-bond donors (Lipinski definition) is 2. The molecule has 6 heteroatoms. The molecule has 0 aliphatic rings. The maximum atomic E-state index is 10.9. The molecule has 3 N–H and O–H groups in total. The molecule has 0 aliphatic carbocycles. The maximum absolute atomic E-state index is 10.9. The van der Waals surface area contributed by atoms with Gasteiger partial charge in [0.25, 0.3) is 6.01 Å². The third-order valence-corrected chi connectivity index (χ3v) is 2.89. The lowest BCUT2D eigenvalue weighted by Gasteiger charge is -1.97. The normalized spacial score (nSPS) is 12.8. The van der Waals surface area contributed by atoms with E-state index in [2.05, 4.69) is 10.3 Å². The predicted octanol–water partition coefficient (Wildman–Crippen LogP) is 1.20. The Kier molecular flexibility index (Phi) is 3.09. The average Bonchev–Trinajstić information content (AvgIpc) is 2.61. The van der Waals surface area contributed by atoms with E-state index >= 15 is 0 Å². The van der Waals surface area contributed by atoms with Gasteiger partial charge in [0, 0.05) is 29.4 Å². The first-order valence-corrected chi connectivity index (χ1v) is 6.58. The van der Waals surface area contributed by atoms with Crippen molar-refractivity contribution in [2.24, 2.45) is 0 Å². The Morgan fingerprint density at radius 1 is 1.56 bits per heavy atom. The second kappa shape index (κ2) is 4.52. The van der Waals surface area contributed by atoms with Crippen LogP contribution in [0, 0.1) is 0 Å². The number of aromatic nitrogens is 1. The van der Waals surface area contributed by atoms with Crippen LogP contribution in [-0.2, 0) is 10.8 Å². The largest absolute Gasteiger partial charge is 0.423 e. The highest BCUT2D eigenvalue weighted by atomic mass is 32.2. The number of hydrogen-bond acceptors (Lipinski definition) is 5. The van der Waals surface area contributed by atoms with Gasteiger partial charge in [-0.25, -0.2) is 0 Å². The lowest BCUT2D eigenvalue weighted by Crippen LogP contribution is -2.09. The summed E-state index contributed by atoms with van der Waals surface area (Å²) < 4.78 is 16.3. The fourth-order valence-electron chi connectivity index (χ4n) is 1.35. The monoisotopic (exact) mass is 239 g/mol. The van der Waals surface area contributed by atoms with Crippen LogP contribution in [0.1, 0.15) is 0 Å². The molecular formula is C10H13N3O2S. The van der Waals surface area contributed by atoms with Crippen LogP contribution in [0.15, 0.2) is 22.6 Å². The van der Waals surface area contributed by atoms with Gasteiger partial charge in [-0.3, -0.25) is 4.21 Å². The summed E-state index contributed by atoms with van der Waals surface area (Å²) in [7, 11) is -0.818. The molecule has 2 aromatic rings. The summed E-state index contributed by atoms with van der Waals surface area (Å²) in [5, 5.41) is 2.97. The molecule has 2 rings (SSSR count). The summed E-state index contributed by atoms with van der Waals surface area (Å²) in [6.07, 6.45) is 1.66. The van der Waals surface area contributed by atoms with E-state index in [1.165, 1.54) is 0 Å². The Morgan fingerprint density at radius 3 is 3.06 bits per heavy atom. The molecule has 0 radical (unpaired) electrons. The molecule has 1 aromatic carbocycles. The molecule has 0 aliphatic heterocycles. The molecule has 16 heavy (non-hydrogen) atoms. The van der Waals surface area contributed by atoms with Crippen molar-refractivity contribution in [3.05, 3.63) is 18.2 Å². The van der Waals surface area contributed by atoms with Crippen molar-refractivity contribution in [2.75, 3.05) is 29.6 Å². The number of nitrogens with two attached hydrogens (primary N) is 1. The van der Waals surface area contributed by atoms with Crippen molar-refractivity contribution in [3.63, 3.8) is 0 Å². The fourth-order valence-corrected chi connectivity index (χ4v) is 1.74. The molecule has 0 saturated carbocycles. The minimum atomic E-state index is -0.818. The van der Waals surface area contributed by atoms with Crippen molar-refractivity contribution in [2.45, 2.75) is 0 Å². The Labute approximate surface area is 95.5 Å². The first kappa shape index (κ1) is 10.9. The zero-order valence-electron chi connectivity index (χ0n) is 8.90. The number of anilines is 2. The highest BCUT2D eigenvalue weighted by Gasteiger charge is 2.07. The number of nitrogen functional groups attached to an aromatic ring is 1. The molecule has 86 valence electrons. The van der Waals surface area contributed by atoms with Gasteiger partial charge in [0.2, 0.25) is 0 Å². The summed E-state index contributed by atoms with van der Waals surface area (Å²) in [6.45, 7) is 0.565. The highest BCUT2D eigenvalue weighted by molar-refractivity contribution is 7.84. The van der Waals surface area contributed by atoms with Crippen LogP contribution in [0.25, 0.3) is 11.1 Å². The zero-order chi connectivity index (χ0) is 11.5. The van der Waals surface area contributed by atoms with Crippen molar-refractivity contribution >= 4 is 33.6 Å². The molecular weight excluding hydrogens is 226 g/mol. The van der Waals surface area contributed by atoms with Gasteiger partial charge in [-0.15, -0.1) is 0 Å². The van der Waals surface area contributed by atoms with Crippen molar-refractivity contribution in [1.29, 1.82) is 0 Å². The van der Waals surface area contributed by atoms with Crippen molar-refractivity contribution in [3.8, 4) is 0 Å². The molecule has 1 heterocycles. The summed E-state index contributed by atoms with van der Waals surface area (Å²) >= 11 is 0. The Hall–Kier alpha value is -1.56. The number of rotatable bonds is 4. The molecule has 1 atom stereocenters. The van der Waals surface area contributed by atoms with Gasteiger partial charge >= 0.3 is 0 Å². The van der Waals surface area contributed by atoms with E-state index in [-0.39, 0.29) is 0 Å². The van der Waals surface area contributed by atoms with Crippen LogP contribution in [0.3, 0.4) is 0 Å². The maximum Gasteiger partial charge on any atom is 0.295 e. The molecule has 5 nitrogen and oxygen atoms in total. The van der Waals surface area contributed by atoms with Gasteiger partial charge in [0.15, 0.2) is 5.58 Å². The zero-order valence-corrected chi connectivity index (χ0v) is 9.71. The molecule has 1 aromatic heterocycles. The number of fused-ring (bicyclic) bond motifs is 1. The minimum Gasteiger partial charge on any atom is -0.423 e. The van der Waals surface area contributed by atoms with Crippen LogP contribution < -0.4 is 11.1 Å². The number of para-hydroxylation sites is 1. The van der Waals surface area contributed by atoms with Gasteiger partial charge in [-0.05, 0) is 12.1 Å². The highest BCUT2D eigenvalue weighted by Crippen LogP contribution is 2.23. The smallest absolute Gasteiger partial charge is 0.295 e. The standard InChI is InChI=1S/C10H13N3O2S/c1-16(14)6-5-12-10-13-9-7(11)3-2-4-8(9)15-10/h2-4H,5-6,11H2,1H3,(H,12,13). The van der Waals surface area contributed by atoms with E-state index in [0.717, 1.165) is 0 Å². The van der Waals surface area contributed by atoms with E-state index in [1.54, 1.807) is 12.3 Å². The average molecular weight is 239 g/mol. The Bertz CT molecular complexity index is 524. The number of nitrogens with one attached hydrogen (secondary N) is 1. The molecule has 0 bridgehead atoms. The molecule has 0 spiro atoms. The van der Waals surface area contributed by atoms with E-state index in [4.69, 9.17) is 10.2 Å². The Balaban J connectivity index is 2.14. The van der Waals surface area contributed by atoms with Crippen molar-refractivity contribution < 1.29 is 8.63 Å². The van der Waals surface area contributed by atoms with Crippen molar-refractivity contribution in [1.82, 2.24) is 4.98 Å². The second-order valence-electron chi connectivity index (χ2n) is 3.42. The van der Waals surface area contributed by atoms with Gasteiger partial charge in [0.05, 0.1) is 5.69 Å². The van der Waals surface area contributed by atoms with Crippen LogP contribution >= 0.6 is 0 Å². The Morgan fingerprint density at radius 2 is 2.38 bits per heavy atom. The number of benzene rings is 1. The lowest BCUT2D eigenvalue weighted by atomic mass is 10.3. The first-order valence-electron chi connectivity index (χ1n) is 4.86. The number of nitrogens with zero attached hydrogens (tertiary/aromatic N) is 1. The second-order valence-corrected chi connectivity index (χ2v) is 4.97. The summed E-state index contributed by atoms with van der Waals surface area (Å²) in [5.41, 5.74) is 7.65. The molecule has 0 fully saturated rings. The minimum absolute atomic E-state index is 0.415. The molecule has 0 saturated heterocycles. The number of oxazole rings is 1. The van der Waals surface area contributed by atoms with Crippen LogP contribution in [0.5, 0.6) is 0 Å². The van der Waals surface area contributed by atoms with Crippen LogP contribution in [-0.4, -0.2) is 27.7 Å². The van der Waals surface area contributed by atoms with Gasteiger partial charge in [-0.1, -0.05) is 6.07 Å². The van der Waals surface area contributed by atoms with E-state index < -0.39 is 10.8 Å². The third kappa shape index (κ3) is 2.33. The quantitative estimate of drug-likeness (QED) is 0.783. The topological polar surface area (TPSA) is 81.2 Å². The van der Waals surface area contributed by atoms with Gasteiger partial charge < -0.3 is 15.5 Å². The van der Waals surface area contributed by atoms with Crippen LogP contribution in [0.2, 0.25) is 0 Å². The summed E-state index contributed by atoms with van der Waals surface area (Å²) in [6, 6.07) is 5.81. The van der Waals surface area contributed by atoms with Gasteiger partial charge in [-0.2, -0.15) is 4.98 Å². The first-order chi connectivity index (χ1) is 7.66. The van der Waals surface area contributed by atoms with Crippen LogP contribution in [0.4, 0.5) is 11.7 Å². The summed E-state index contributed by atoms with van der Waals surface area (Å²) in [4.78, 5) is 4.21. The lowest BCUT2D eigenvalue weighted by molar-refractivity contribution is 0.616. The van der Waals surface area contributed by atoms with E-state index in [9.17, 15) is 4.21 Å². The summed E-state index contributed by atoms with van der Waals surface area (Å²) in [5.74, 6) is 0.564. The SMILES string of the molecule is CS(=O)CCNc1nc2c(N)cccc2o1. The predicted molar refractivity (Wildman–Crippen MR) is 65.8 cm³/mol.